The van der Waals surface area contributed by atoms with E-state index in [-0.39, 0.29) is 28.6 Å². The van der Waals surface area contributed by atoms with Crippen molar-refractivity contribution in [1.29, 1.82) is 0 Å². The molecular formula is C26H24N4O4. The summed E-state index contributed by atoms with van der Waals surface area (Å²) in [5.41, 5.74) is 1.32. The Kier molecular flexibility index (Phi) is 5.17. The first-order chi connectivity index (χ1) is 16.2. The van der Waals surface area contributed by atoms with Crippen LogP contribution in [-0.4, -0.2) is 26.6 Å². The summed E-state index contributed by atoms with van der Waals surface area (Å²) in [6.07, 6.45) is 6.35. The third-order valence-corrected chi connectivity index (χ3v) is 5.92. The average molecular weight is 457 g/mol. The quantitative estimate of drug-likeness (QED) is 0.354. The lowest BCUT2D eigenvalue weighted by Gasteiger charge is -2.17. The summed E-state index contributed by atoms with van der Waals surface area (Å²) in [5.74, 6) is -0.388. The Balaban J connectivity index is 1.65. The van der Waals surface area contributed by atoms with Gasteiger partial charge in [-0.25, -0.2) is 4.98 Å². The summed E-state index contributed by atoms with van der Waals surface area (Å²) >= 11 is 0. The molecule has 0 spiro atoms. The van der Waals surface area contributed by atoms with Crippen LogP contribution in [0.3, 0.4) is 0 Å². The summed E-state index contributed by atoms with van der Waals surface area (Å²) < 4.78 is 2.38. The molecule has 8 nitrogen and oxygen atoms in total. The van der Waals surface area contributed by atoms with Crippen molar-refractivity contribution >= 4 is 16.9 Å². The third kappa shape index (κ3) is 4.04. The molecule has 172 valence electrons. The van der Waals surface area contributed by atoms with Gasteiger partial charge in [0.2, 0.25) is 11.1 Å². The van der Waals surface area contributed by atoms with Crippen molar-refractivity contribution in [1.82, 2.24) is 14.9 Å². The van der Waals surface area contributed by atoms with Gasteiger partial charge in [0.1, 0.15) is 16.8 Å². The molecule has 1 aromatic carbocycles. The number of amides is 1. The molecular weight excluding hydrogens is 432 g/mol. The molecule has 0 aliphatic heterocycles. The fraction of sp³-hybridized carbons (Fsp3) is 0.231. The maximum atomic E-state index is 13.0. The van der Waals surface area contributed by atoms with Crippen LogP contribution in [0.1, 0.15) is 42.7 Å². The highest BCUT2D eigenvalue weighted by molar-refractivity contribution is 5.97. The predicted octanol–water partition coefficient (Wildman–Crippen LogP) is 2.81. The van der Waals surface area contributed by atoms with Gasteiger partial charge < -0.3 is 20.2 Å². The van der Waals surface area contributed by atoms with Gasteiger partial charge >= 0.3 is 0 Å². The highest BCUT2D eigenvalue weighted by atomic mass is 16.5. The van der Waals surface area contributed by atoms with Gasteiger partial charge in [-0.1, -0.05) is 12.1 Å². The van der Waals surface area contributed by atoms with Crippen molar-refractivity contribution in [2.75, 3.05) is 0 Å². The minimum Gasteiger partial charge on any atom is -0.618 e. The first-order valence-corrected chi connectivity index (χ1v) is 11.1. The van der Waals surface area contributed by atoms with Gasteiger partial charge in [0.05, 0.1) is 5.39 Å². The van der Waals surface area contributed by atoms with E-state index in [0.29, 0.717) is 21.5 Å². The number of rotatable bonds is 5. The number of benzene rings is 1. The molecule has 1 aliphatic rings. The number of nitrogens with zero attached hydrogens (tertiary/aromatic N) is 3. The Bertz CT molecular complexity index is 1480. The van der Waals surface area contributed by atoms with Gasteiger partial charge in [-0.05, 0) is 62.1 Å². The van der Waals surface area contributed by atoms with Crippen molar-refractivity contribution in [2.45, 2.75) is 38.3 Å². The van der Waals surface area contributed by atoms with Crippen LogP contribution >= 0.6 is 0 Å². The van der Waals surface area contributed by atoms with Crippen molar-refractivity contribution in [2.24, 2.45) is 0 Å². The highest BCUT2D eigenvalue weighted by Gasteiger charge is 2.27. The molecule has 34 heavy (non-hydrogen) atoms. The van der Waals surface area contributed by atoms with E-state index >= 15 is 0 Å². The molecule has 1 fully saturated rings. The molecule has 0 unspecified atom stereocenters. The van der Waals surface area contributed by atoms with Crippen LogP contribution in [0.5, 0.6) is 0 Å². The fourth-order valence-electron chi connectivity index (χ4n) is 3.96. The number of carbonyl (C=O) groups is 1. The molecule has 1 aliphatic carbocycles. The van der Waals surface area contributed by atoms with E-state index in [4.69, 9.17) is 0 Å². The van der Waals surface area contributed by atoms with E-state index in [0.717, 1.165) is 24.0 Å². The van der Waals surface area contributed by atoms with Crippen LogP contribution in [0, 0.1) is 5.21 Å². The van der Waals surface area contributed by atoms with E-state index in [2.05, 4.69) is 10.3 Å². The number of hydrogen-bond donors (Lipinski definition) is 2. The monoisotopic (exact) mass is 456 g/mol. The third-order valence-electron chi connectivity index (χ3n) is 5.92. The van der Waals surface area contributed by atoms with E-state index in [9.17, 15) is 19.9 Å². The van der Waals surface area contributed by atoms with Crippen LogP contribution in [0.15, 0.2) is 71.9 Å². The number of hydrogen-bond acceptors (Lipinski definition) is 5. The maximum absolute atomic E-state index is 13.0. The topological polar surface area (TPSA) is 111 Å². The van der Waals surface area contributed by atoms with Crippen LogP contribution in [0.2, 0.25) is 0 Å². The second-order valence-electron chi connectivity index (χ2n) is 9.10. The largest absolute Gasteiger partial charge is 0.618 e. The Hall–Kier alpha value is -4.04. The second-order valence-corrected chi connectivity index (χ2v) is 9.10. The fourth-order valence-corrected chi connectivity index (χ4v) is 3.96. The van der Waals surface area contributed by atoms with Crippen LogP contribution in [-0.2, 0) is 5.60 Å². The molecule has 3 heterocycles. The highest BCUT2D eigenvalue weighted by Crippen LogP contribution is 2.26. The molecule has 1 saturated carbocycles. The second kappa shape index (κ2) is 8.07. The summed E-state index contributed by atoms with van der Waals surface area (Å²) in [6.45, 7) is 3.12. The molecule has 4 aromatic rings. The van der Waals surface area contributed by atoms with Gasteiger partial charge in [-0.15, -0.1) is 0 Å². The molecule has 0 atom stereocenters. The lowest BCUT2D eigenvalue weighted by molar-refractivity contribution is -0.622. The van der Waals surface area contributed by atoms with Crippen molar-refractivity contribution in [3.63, 3.8) is 0 Å². The van der Waals surface area contributed by atoms with Crippen LogP contribution in [0.4, 0.5) is 0 Å². The number of nitrogens with one attached hydrogen (secondary N) is 1. The number of aromatic nitrogens is 3. The lowest BCUT2D eigenvalue weighted by Crippen LogP contribution is -2.39. The van der Waals surface area contributed by atoms with E-state index in [1.165, 1.54) is 12.4 Å². The summed E-state index contributed by atoms with van der Waals surface area (Å²) in [4.78, 5) is 30.2. The summed E-state index contributed by atoms with van der Waals surface area (Å²) in [7, 11) is 0. The zero-order valence-corrected chi connectivity index (χ0v) is 18.9. The first-order valence-electron chi connectivity index (χ1n) is 11.1. The summed E-state index contributed by atoms with van der Waals surface area (Å²) in [5, 5.41) is 25.8. The SMILES string of the molecule is CC(C)(O)c1cc(-c2cccc(-n3cc(C(=O)NC4CC4)c(=O)c4cccnc43)c2)cc[n+]1[O-]. The Morgan fingerprint density at radius 1 is 1.18 bits per heavy atom. The number of carbonyl (C=O) groups excluding carboxylic acids is 1. The molecule has 3 aromatic heterocycles. The van der Waals surface area contributed by atoms with Crippen LogP contribution in [0.25, 0.3) is 27.8 Å². The van der Waals surface area contributed by atoms with Gasteiger partial charge in [0.15, 0.2) is 6.20 Å². The standard InChI is InChI=1S/C26H24N4O4/c1-26(2,33)22-14-17(10-12-30(22)34)16-5-3-6-19(13-16)29-15-21(25(32)28-18-8-9-18)23(31)20-7-4-11-27-24(20)29/h3-7,10-15,18,33H,8-9H2,1-2H3,(H,28,32). The number of aliphatic hydroxyl groups is 1. The minimum atomic E-state index is -1.31. The molecule has 5 rings (SSSR count). The van der Waals surface area contributed by atoms with Crippen molar-refractivity contribution < 1.29 is 14.6 Å². The van der Waals surface area contributed by atoms with E-state index in [1.54, 1.807) is 48.9 Å². The van der Waals surface area contributed by atoms with E-state index in [1.807, 2.05) is 24.3 Å². The molecule has 0 saturated heterocycles. The number of pyridine rings is 3. The zero-order valence-electron chi connectivity index (χ0n) is 18.9. The Morgan fingerprint density at radius 3 is 2.68 bits per heavy atom. The molecule has 0 bridgehead atoms. The molecule has 8 heteroatoms. The van der Waals surface area contributed by atoms with Crippen molar-refractivity contribution in [3.05, 3.63) is 93.8 Å². The summed E-state index contributed by atoms with van der Waals surface area (Å²) in [6, 6.07) is 14.3. The first kappa shape index (κ1) is 21.8. The minimum absolute atomic E-state index is 0.0641. The Morgan fingerprint density at radius 2 is 1.94 bits per heavy atom. The Labute approximate surface area is 195 Å². The van der Waals surface area contributed by atoms with Crippen molar-refractivity contribution in [3.8, 4) is 16.8 Å². The average Bonchev–Trinajstić information content (AvgIpc) is 3.63. The van der Waals surface area contributed by atoms with Gasteiger partial charge in [-0.3, -0.25) is 9.59 Å². The zero-order chi connectivity index (χ0) is 24.0. The van der Waals surface area contributed by atoms with Gasteiger partial charge in [-0.2, -0.15) is 4.73 Å². The number of fused-ring (bicyclic) bond motifs is 1. The maximum Gasteiger partial charge on any atom is 0.257 e. The predicted molar refractivity (Wildman–Crippen MR) is 127 cm³/mol. The van der Waals surface area contributed by atoms with Gasteiger partial charge in [0.25, 0.3) is 5.91 Å². The molecule has 1 amide bonds. The lowest BCUT2D eigenvalue weighted by atomic mass is 9.99. The normalized spacial score (nSPS) is 13.7. The van der Waals surface area contributed by atoms with E-state index < -0.39 is 5.60 Å². The smallest absolute Gasteiger partial charge is 0.257 e. The molecule has 0 radical (unpaired) electrons. The van der Waals surface area contributed by atoms with Crippen LogP contribution < -0.4 is 15.5 Å². The van der Waals surface area contributed by atoms with Gasteiger partial charge in [0, 0.05) is 36.3 Å². The molecule has 2 N–H and O–H groups in total.